The van der Waals surface area contributed by atoms with Gasteiger partial charge >= 0.3 is 0 Å². The molecule has 1 amide bonds. The minimum Gasteiger partial charge on any atom is -0.380 e. The maximum atomic E-state index is 12.3. The molecule has 4 heteroatoms. The molecular formula is C18H22N2O2. The molecule has 0 heterocycles. The van der Waals surface area contributed by atoms with E-state index in [2.05, 4.69) is 17.6 Å². The van der Waals surface area contributed by atoms with Gasteiger partial charge in [0.2, 0.25) is 0 Å². The summed E-state index contributed by atoms with van der Waals surface area (Å²) < 4.78 is 5.07. The van der Waals surface area contributed by atoms with Crippen molar-refractivity contribution in [3.8, 4) is 0 Å². The molecule has 0 saturated carbocycles. The van der Waals surface area contributed by atoms with Crippen molar-refractivity contribution in [2.45, 2.75) is 20.1 Å². The molecule has 0 unspecified atom stereocenters. The SMILES string of the molecule is CCNCc1ccccc1NC(=O)c1ccc(COC)cc1. The summed E-state index contributed by atoms with van der Waals surface area (Å²) in [6.45, 7) is 4.24. The van der Waals surface area contributed by atoms with Crippen molar-refractivity contribution < 1.29 is 9.53 Å². The van der Waals surface area contributed by atoms with Gasteiger partial charge in [0.1, 0.15) is 0 Å². The number of amides is 1. The lowest BCUT2D eigenvalue weighted by Crippen LogP contribution is -2.17. The van der Waals surface area contributed by atoms with Gasteiger partial charge in [0.05, 0.1) is 6.61 Å². The Morgan fingerprint density at radius 1 is 1.09 bits per heavy atom. The molecule has 0 aliphatic heterocycles. The van der Waals surface area contributed by atoms with Gasteiger partial charge in [-0.05, 0) is 35.9 Å². The maximum absolute atomic E-state index is 12.3. The van der Waals surface area contributed by atoms with Gasteiger partial charge in [-0.15, -0.1) is 0 Å². The van der Waals surface area contributed by atoms with Gasteiger partial charge in [-0.2, -0.15) is 0 Å². The fourth-order valence-electron chi connectivity index (χ4n) is 2.17. The Morgan fingerprint density at radius 2 is 1.82 bits per heavy atom. The Labute approximate surface area is 131 Å². The third-order valence-corrected chi connectivity index (χ3v) is 3.36. The van der Waals surface area contributed by atoms with Crippen molar-refractivity contribution in [3.63, 3.8) is 0 Å². The highest BCUT2D eigenvalue weighted by atomic mass is 16.5. The smallest absolute Gasteiger partial charge is 0.255 e. The Morgan fingerprint density at radius 3 is 2.50 bits per heavy atom. The van der Waals surface area contributed by atoms with E-state index < -0.39 is 0 Å². The molecular weight excluding hydrogens is 276 g/mol. The van der Waals surface area contributed by atoms with Gasteiger partial charge < -0.3 is 15.4 Å². The number of para-hydroxylation sites is 1. The molecule has 2 aromatic carbocycles. The van der Waals surface area contributed by atoms with Crippen molar-refractivity contribution in [2.75, 3.05) is 19.0 Å². The molecule has 0 atom stereocenters. The van der Waals surface area contributed by atoms with Gasteiger partial charge in [0.25, 0.3) is 5.91 Å². The average Bonchev–Trinajstić information content (AvgIpc) is 2.55. The number of methoxy groups -OCH3 is 1. The van der Waals surface area contributed by atoms with E-state index in [4.69, 9.17) is 4.74 Å². The number of carbonyl (C=O) groups is 1. The second-order valence-corrected chi connectivity index (χ2v) is 5.02. The molecule has 0 aliphatic rings. The van der Waals surface area contributed by atoms with Crippen LogP contribution in [0.3, 0.4) is 0 Å². The van der Waals surface area contributed by atoms with E-state index in [1.807, 2.05) is 48.5 Å². The molecule has 22 heavy (non-hydrogen) atoms. The molecule has 2 N–H and O–H groups in total. The fraction of sp³-hybridized carbons (Fsp3) is 0.278. The van der Waals surface area contributed by atoms with Crippen molar-refractivity contribution in [3.05, 3.63) is 65.2 Å². The summed E-state index contributed by atoms with van der Waals surface area (Å²) in [6, 6.07) is 15.3. The van der Waals surface area contributed by atoms with Crippen LogP contribution in [0.1, 0.15) is 28.4 Å². The first-order valence-corrected chi connectivity index (χ1v) is 7.42. The molecule has 0 bridgehead atoms. The largest absolute Gasteiger partial charge is 0.380 e. The average molecular weight is 298 g/mol. The quantitative estimate of drug-likeness (QED) is 0.825. The maximum Gasteiger partial charge on any atom is 0.255 e. The predicted octanol–water partition coefficient (Wildman–Crippen LogP) is 3.19. The van der Waals surface area contributed by atoms with Crippen LogP contribution in [0.25, 0.3) is 0 Å². The van der Waals surface area contributed by atoms with E-state index in [0.29, 0.717) is 12.2 Å². The van der Waals surface area contributed by atoms with Crippen LogP contribution in [0.4, 0.5) is 5.69 Å². The first kappa shape index (κ1) is 16.2. The van der Waals surface area contributed by atoms with Crippen LogP contribution < -0.4 is 10.6 Å². The van der Waals surface area contributed by atoms with Crippen molar-refractivity contribution in [2.24, 2.45) is 0 Å². The molecule has 0 aromatic heterocycles. The molecule has 2 rings (SSSR count). The molecule has 0 radical (unpaired) electrons. The molecule has 0 aliphatic carbocycles. The van der Waals surface area contributed by atoms with E-state index >= 15 is 0 Å². The van der Waals surface area contributed by atoms with Gasteiger partial charge in [-0.3, -0.25) is 4.79 Å². The fourth-order valence-corrected chi connectivity index (χ4v) is 2.17. The van der Waals surface area contributed by atoms with E-state index in [1.165, 1.54) is 0 Å². The Kier molecular flexibility index (Phi) is 6.13. The molecule has 4 nitrogen and oxygen atoms in total. The molecule has 0 spiro atoms. The van der Waals surface area contributed by atoms with E-state index in [-0.39, 0.29) is 5.91 Å². The lowest BCUT2D eigenvalue weighted by molar-refractivity contribution is 0.102. The van der Waals surface area contributed by atoms with Gasteiger partial charge in [0.15, 0.2) is 0 Å². The number of hydrogen-bond acceptors (Lipinski definition) is 3. The van der Waals surface area contributed by atoms with E-state index in [1.54, 1.807) is 7.11 Å². The monoisotopic (exact) mass is 298 g/mol. The first-order chi connectivity index (χ1) is 10.7. The van der Waals surface area contributed by atoms with Crippen LogP contribution in [0.2, 0.25) is 0 Å². The van der Waals surface area contributed by atoms with Crippen LogP contribution in [0, 0.1) is 0 Å². The minimum atomic E-state index is -0.104. The zero-order valence-electron chi connectivity index (χ0n) is 13.1. The second kappa shape index (κ2) is 8.32. The van der Waals surface area contributed by atoms with Crippen molar-refractivity contribution >= 4 is 11.6 Å². The van der Waals surface area contributed by atoms with Crippen molar-refractivity contribution in [1.82, 2.24) is 5.32 Å². The number of carbonyl (C=O) groups excluding carboxylic acids is 1. The highest BCUT2D eigenvalue weighted by molar-refractivity contribution is 6.04. The highest BCUT2D eigenvalue weighted by Crippen LogP contribution is 2.16. The van der Waals surface area contributed by atoms with Crippen LogP contribution in [0.5, 0.6) is 0 Å². The van der Waals surface area contributed by atoms with Crippen LogP contribution in [-0.2, 0) is 17.9 Å². The summed E-state index contributed by atoms with van der Waals surface area (Å²) >= 11 is 0. The van der Waals surface area contributed by atoms with Gasteiger partial charge in [-0.1, -0.05) is 37.3 Å². The van der Waals surface area contributed by atoms with Crippen molar-refractivity contribution in [1.29, 1.82) is 0 Å². The Hall–Kier alpha value is -2.17. The minimum absolute atomic E-state index is 0.104. The number of anilines is 1. The summed E-state index contributed by atoms with van der Waals surface area (Å²) in [5.74, 6) is -0.104. The van der Waals surface area contributed by atoms with Crippen LogP contribution >= 0.6 is 0 Å². The predicted molar refractivity (Wildman–Crippen MR) is 88.9 cm³/mol. The zero-order chi connectivity index (χ0) is 15.8. The van der Waals surface area contributed by atoms with Gasteiger partial charge in [0, 0.05) is 24.9 Å². The number of benzene rings is 2. The number of hydrogen-bond donors (Lipinski definition) is 2. The Balaban J connectivity index is 2.08. The van der Waals surface area contributed by atoms with Crippen LogP contribution in [-0.4, -0.2) is 19.6 Å². The lowest BCUT2D eigenvalue weighted by atomic mass is 10.1. The first-order valence-electron chi connectivity index (χ1n) is 7.42. The molecule has 0 fully saturated rings. The topological polar surface area (TPSA) is 50.4 Å². The number of rotatable bonds is 7. The van der Waals surface area contributed by atoms with Gasteiger partial charge in [-0.25, -0.2) is 0 Å². The molecule has 0 saturated heterocycles. The summed E-state index contributed by atoms with van der Waals surface area (Å²) in [5.41, 5.74) is 3.60. The number of ether oxygens (including phenoxy) is 1. The normalized spacial score (nSPS) is 10.5. The lowest BCUT2D eigenvalue weighted by Gasteiger charge is -2.11. The molecule has 2 aromatic rings. The van der Waals surface area contributed by atoms with E-state index in [9.17, 15) is 4.79 Å². The highest BCUT2D eigenvalue weighted by Gasteiger charge is 2.08. The van der Waals surface area contributed by atoms with Crippen LogP contribution in [0.15, 0.2) is 48.5 Å². The van der Waals surface area contributed by atoms with E-state index in [0.717, 1.165) is 29.9 Å². The third-order valence-electron chi connectivity index (χ3n) is 3.36. The summed E-state index contributed by atoms with van der Waals surface area (Å²) in [6.07, 6.45) is 0. The summed E-state index contributed by atoms with van der Waals surface area (Å²) in [5, 5.41) is 6.25. The third kappa shape index (κ3) is 4.41. The number of nitrogens with one attached hydrogen (secondary N) is 2. The summed E-state index contributed by atoms with van der Waals surface area (Å²) in [4.78, 5) is 12.3. The second-order valence-electron chi connectivity index (χ2n) is 5.02. The summed E-state index contributed by atoms with van der Waals surface area (Å²) in [7, 11) is 1.65. The zero-order valence-corrected chi connectivity index (χ0v) is 13.1. The standard InChI is InChI=1S/C18H22N2O2/c1-3-19-12-16-6-4-5-7-17(16)20-18(21)15-10-8-14(9-11-15)13-22-2/h4-11,19H,3,12-13H2,1-2H3,(H,20,21). The molecule has 116 valence electrons. The Bertz CT molecular complexity index is 609.